The molecule has 102 valence electrons. The maximum Gasteiger partial charge on any atom is 0.168 e. The van der Waals surface area contributed by atoms with Crippen molar-refractivity contribution in [3.8, 4) is 0 Å². The number of nitrogens with two attached hydrogens (primary N) is 1. The minimum absolute atomic E-state index is 0.0345. The molecule has 1 rings (SSSR count). The molecule has 18 heavy (non-hydrogen) atoms. The second kappa shape index (κ2) is 5.48. The molecule has 4 nitrogen and oxygen atoms in total. The van der Waals surface area contributed by atoms with Crippen molar-refractivity contribution in [2.24, 2.45) is 5.41 Å². The number of halogens is 2. The predicted molar refractivity (Wildman–Crippen MR) is 67.1 cm³/mol. The third-order valence-corrected chi connectivity index (χ3v) is 2.73. The van der Waals surface area contributed by atoms with Gasteiger partial charge >= 0.3 is 0 Å². The first-order valence-corrected chi connectivity index (χ1v) is 5.74. The second-order valence-corrected chi connectivity index (χ2v) is 5.26. The average Bonchev–Trinajstić information content (AvgIpc) is 2.23. The molecule has 0 aliphatic carbocycles. The summed E-state index contributed by atoms with van der Waals surface area (Å²) >= 11 is 0. The van der Waals surface area contributed by atoms with Crippen LogP contribution >= 0.6 is 0 Å². The Morgan fingerprint density at radius 2 is 2.00 bits per heavy atom. The smallest absolute Gasteiger partial charge is 0.168 e. The lowest BCUT2D eigenvalue weighted by Crippen LogP contribution is -2.35. The quantitative estimate of drug-likeness (QED) is 0.774. The van der Waals surface area contributed by atoms with E-state index in [1.807, 2.05) is 20.8 Å². The van der Waals surface area contributed by atoms with Gasteiger partial charge in [0.1, 0.15) is 0 Å². The van der Waals surface area contributed by atoms with Crippen LogP contribution in [-0.4, -0.2) is 22.7 Å². The van der Waals surface area contributed by atoms with Gasteiger partial charge in [0.05, 0.1) is 0 Å². The molecule has 0 saturated heterocycles. The fourth-order valence-corrected chi connectivity index (χ4v) is 1.60. The highest BCUT2D eigenvalue weighted by atomic mass is 19.1. The predicted octanol–water partition coefficient (Wildman–Crippen LogP) is 2.15. The van der Waals surface area contributed by atoms with E-state index >= 15 is 0 Å². The number of aliphatic hydroxyl groups excluding tert-OH is 1. The molecule has 0 spiro atoms. The Labute approximate surface area is 105 Å². The number of anilines is 2. The van der Waals surface area contributed by atoms with Gasteiger partial charge in [-0.25, -0.2) is 13.8 Å². The standard InChI is InChI=1S/C12H19F2N3O/c1-12(2,3)9(4-5-18)16-11-8(14)6-7(13)10(15)17-11/h6,9,18H,4-5H2,1-3H3,(H3,15,16,17). The fourth-order valence-electron chi connectivity index (χ4n) is 1.60. The van der Waals surface area contributed by atoms with E-state index in [1.165, 1.54) is 0 Å². The summed E-state index contributed by atoms with van der Waals surface area (Å²) in [5.41, 5.74) is 5.10. The number of aliphatic hydroxyl groups is 1. The van der Waals surface area contributed by atoms with Crippen LogP contribution in [0.4, 0.5) is 20.4 Å². The van der Waals surface area contributed by atoms with Crippen LogP contribution in [0.2, 0.25) is 0 Å². The van der Waals surface area contributed by atoms with Crippen molar-refractivity contribution in [1.82, 2.24) is 4.98 Å². The number of pyridine rings is 1. The van der Waals surface area contributed by atoms with Crippen molar-refractivity contribution in [3.63, 3.8) is 0 Å². The van der Waals surface area contributed by atoms with Crippen molar-refractivity contribution in [3.05, 3.63) is 17.7 Å². The van der Waals surface area contributed by atoms with Gasteiger partial charge in [0.15, 0.2) is 23.3 Å². The lowest BCUT2D eigenvalue weighted by Gasteiger charge is -2.31. The zero-order valence-electron chi connectivity index (χ0n) is 10.8. The van der Waals surface area contributed by atoms with E-state index in [9.17, 15) is 8.78 Å². The number of hydrogen-bond acceptors (Lipinski definition) is 4. The molecule has 0 amide bonds. The van der Waals surface area contributed by atoms with E-state index in [0.29, 0.717) is 12.5 Å². The molecule has 0 bridgehead atoms. The molecule has 4 N–H and O–H groups in total. The zero-order valence-corrected chi connectivity index (χ0v) is 10.8. The second-order valence-electron chi connectivity index (χ2n) is 5.26. The van der Waals surface area contributed by atoms with E-state index in [-0.39, 0.29) is 29.7 Å². The molecular weight excluding hydrogens is 240 g/mol. The van der Waals surface area contributed by atoms with Gasteiger partial charge < -0.3 is 16.2 Å². The van der Waals surface area contributed by atoms with Crippen LogP contribution in [0.3, 0.4) is 0 Å². The lowest BCUT2D eigenvalue weighted by atomic mass is 9.85. The number of rotatable bonds is 4. The van der Waals surface area contributed by atoms with Crippen molar-refractivity contribution in [2.45, 2.75) is 33.2 Å². The van der Waals surface area contributed by atoms with Crippen LogP contribution in [-0.2, 0) is 0 Å². The first kappa shape index (κ1) is 14.6. The Bertz CT molecular complexity index is 419. The van der Waals surface area contributed by atoms with Gasteiger partial charge in [-0.05, 0) is 11.8 Å². The molecule has 1 unspecified atom stereocenters. The highest BCUT2D eigenvalue weighted by Crippen LogP contribution is 2.26. The van der Waals surface area contributed by atoms with Crippen LogP contribution in [0.15, 0.2) is 6.07 Å². The Kier molecular flexibility index (Phi) is 4.45. The van der Waals surface area contributed by atoms with Crippen LogP contribution in [0.5, 0.6) is 0 Å². The van der Waals surface area contributed by atoms with Crippen molar-refractivity contribution in [1.29, 1.82) is 0 Å². The van der Waals surface area contributed by atoms with E-state index in [2.05, 4.69) is 10.3 Å². The van der Waals surface area contributed by atoms with Gasteiger partial charge in [-0.15, -0.1) is 0 Å². The third-order valence-electron chi connectivity index (χ3n) is 2.73. The highest BCUT2D eigenvalue weighted by Gasteiger charge is 2.25. The molecule has 0 fully saturated rings. The highest BCUT2D eigenvalue weighted by molar-refractivity contribution is 5.45. The van der Waals surface area contributed by atoms with Gasteiger partial charge in [0.2, 0.25) is 0 Å². The minimum atomic E-state index is -0.882. The monoisotopic (exact) mass is 259 g/mol. The Morgan fingerprint density at radius 1 is 1.39 bits per heavy atom. The molecule has 1 aromatic rings. The third kappa shape index (κ3) is 3.53. The van der Waals surface area contributed by atoms with Crippen LogP contribution in [0.25, 0.3) is 0 Å². The minimum Gasteiger partial charge on any atom is -0.396 e. The summed E-state index contributed by atoms with van der Waals surface area (Å²) in [6.07, 6.45) is 0.432. The van der Waals surface area contributed by atoms with Crippen molar-refractivity contribution < 1.29 is 13.9 Å². The van der Waals surface area contributed by atoms with Crippen LogP contribution < -0.4 is 11.1 Å². The molecule has 0 aliphatic heterocycles. The normalized spacial score (nSPS) is 13.4. The summed E-state index contributed by atoms with van der Waals surface area (Å²) in [4.78, 5) is 3.64. The molecule has 6 heteroatoms. The van der Waals surface area contributed by atoms with Crippen molar-refractivity contribution >= 4 is 11.6 Å². The van der Waals surface area contributed by atoms with E-state index < -0.39 is 11.6 Å². The lowest BCUT2D eigenvalue weighted by molar-refractivity contribution is 0.234. The molecule has 0 aromatic carbocycles. The molecular formula is C12H19F2N3O. The van der Waals surface area contributed by atoms with E-state index in [4.69, 9.17) is 10.8 Å². The van der Waals surface area contributed by atoms with E-state index in [1.54, 1.807) is 0 Å². The summed E-state index contributed by atoms with van der Waals surface area (Å²) in [6, 6.07) is 0.498. The Balaban J connectivity index is 2.97. The summed E-state index contributed by atoms with van der Waals surface area (Å²) in [5.74, 6) is -2.13. The first-order chi connectivity index (χ1) is 8.25. The van der Waals surface area contributed by atoms with Gasteiger partial charge in [0.25, 0.3) is 0 Å². The van der Waals surface area contributed by atoms with Gasteiger partial charge in [-0.3, -0.25) is 0 Å². The summed E-state index contributed by atoms with van der Waals surface area (Å²) in [6.45, 7) is 5.81. The summed E-state index contributed by atoms with van der Waals surface area (Å²) < 4.78 is 26.5. The Morgan fingerprint density at radius 3 is 2.50 bits per heavy atom. The topological polar surface area (TPSA) is 71.2 Å². The number of hydrogen-bond donors (Lipinski definition) is 3. The summed E-state index contributed by atoms with van der Waals surface area (Å²) in [5, 5.41) is 11.9. The van der Waals surface area contributed by atoms with Gasteiger partial charge in [0, 0.05) is 18.7 Å². The fraction of sp³-hybridized carbons (Fsp3) is 0.583. The molecule has 1 aromatic heterocycles. The van der Waals surface area contributed by atoms with E-state index in [0.717, 1.165) is 0 Å². The van der Waals surface area contributed by atoms with Crippen LogP contribution in [0, 0.1) is 17.0 Å². The SMILES string of the molecule is CC(C)(C)C(CCO)Nc1nc(N)c(F)cc1F. The Hall–Kier alpha value is -1.43. The van der Waals surface area contributed by atoms with Crippen LogP contribution in [0.1, 0.15) is 27.2 Å². The largest absolute Gasteiger partial charge is 0.396 e. The zero-order chi connectivity index (χ0) is 13.9. The first-order valence-electron chi connectivity index (χ1n) is 5.74. The summed E-state index contributed by atoms with van der Waals surface area (Å²) in [7, 11) is 0. The number of nitrogens with one attached hydrogen (secondary N) is 1. The molecule has 0 aliphatic rings. The molecule has 1 atom stereocenters. The van der Waals surface area contributed by atoms with Gasteiger partial charge in [-0.1, -0.05) is 20.8 Å². The molecule has 0 saturated carbocycles. The molecule has 1 heterocycles. The maximum absolute atomic E-state index is 13.5. The number of nitrogens with zero attached hydrogens (tertiary/aromatic N) is 1. The number of aromatic nitrogens is 1. The molecule has 0 radical (unpaired) electrons. The number of nitrogen functional groups attached to an aromatic ring is 1. The average molecular weight is 259 g/mol. The van der Waals surface area contributed by atoms with Gasteiger partial charge in [-0.2, -0.15) is 0 Å². The maximum atomic E-state index is 13.5. The van der Waals surface area contributed by atoms with Crippen molar-refractivity contribution in [2.75, 3.05) is 17.7 Å².